The van der Waals surface area contributed by atoms with Crippen LogP contribution in [-0.4, -0.2) is 11.1 Å². The van der Waals surface area contributed by atoms with Crippen LogP contribution in [0.4, 0.5) is 0 Å². The van der Waals surface area contributed by atoms with Gasteiger partial charge in [0.2, 0.25) is 0 Å². The third-order valence-electron chi connectivity index (χ3n) is 2.09. The van der Waals surface area contributed by atoms with Crippen LogP contribution in [0.3, 0.4) is 0 Å². The standard InChI is InChI=1S/C11H11BrO2/c1-7-3-4-9(5-6-10(13)14)11(12)8(7)2/h3-6H,1-2H3,(H,13,14)/b6-5+. The molecule has 0 saturated heterocycles. The first-order valence-electron chi connectivity index (χ1n) is 4.19. The molecule has 0 atom stereocenters. The van der Waals surface area contributed by atoms with Crippen molar-refractivity contribution in [3.8, 4) is 0 Å². The molecule has 0 aliphatic rings. The van der Waals surface area contributed by atoms with E-state index in [-0.39, 0.29) is 0 Å². The fourth-order valence-electron chi connectivity index (χ4n) is 1.09. The van der Waals surface area contributed by atoms with E-state index in [1.54, 1.807) is 6.08 Å². The molecule has 0 aliphatic heterocycles. The van der Waals surface area contributed by atoms with Gasteiger partial charge in [-0.1, -0.05) is 12.1 Å². The van der Waals surface area contributed by atoms with E-state index in [4.69, 9.17) is 5.11 Å². The molecule has 1 N–H and O–H groups in total. The van der Waals surface area contributed by atoms with E-state index in [1.165, 1.54) is 5.56 Å². The third-order valence-corrected chi connectivity index (χ3v) is 3.15. The van der Waals surface area contributed by atoms with Gasteiger partial charge in [0.25, 0.3) is 0 Å². The second-order valence-electron chi connectivity index (χ2n) is 3.08. The lowest BCUT2D eigenvalue weighted by Gasteiger charge is -2.05. The monoisotopic (exact) mass is 254 g/mol. The minimum Gasteiger partial charge on any atom is -0.478 e. The van der Waals surface area contributed by atoms with E-state index in [0.29, 0.717) is 0 Å². The number of rotatable bonds is 2. The smallest absolute Gasteiger partial charge is 0.328 e. The first kappa shape index (κ1) is 11.0. The lowest BCUT2D eigenvalue weighted by molar-refractivity contribution is -0.131. The average molecular weight is 255 g/mol. The quantitative estimate of drug-likeness (QED) is 0.824. The number of benzene rings is 1. The van der Waals surface area contributed by atoms with Crippen LogP contribution in [0.1, 0.15) is 16.7 Å². The van der Waals surface area contributed by atoms with Crippen molar-refractivity contribution in [2.75, 3.05) is 0 Å². The maximum atomic E-state index is 10.3. The maximum absolute atomic E-state index is 10.3. The Balaban J connectivity index is 3.12. The van der Waals surface area contributed by atoms with Crippen LogP contribution >= 0.6 is 15.9 Å². The zero-order chi connectivity index (χ0) is 10.7. The molecule has 0 heterocycles. The highest BCUT2D eigenvalue weighted by Crippen LogP contribution is 2.25. The van der Waals surface area contributed by atoms with Gasteiger partial charge in [0, 0.05) is 10.5 Å². The Kier molecular flexibility index (Phi) is 3.47. The van der Waals surface area contributed by atoms with Crippen LogP contribution in [0.15, 0.2) is 22.7 Å². The van der Waals surface area contributed by atoms with Crippen molar-refractivity contribution in [3.63, 3.8) is 0 Å². The summed E-state index contributed by atoms with van der Waals surface area (Å²) in [5, 5.41) is 8.49. The first-order valence-corrected chi connectivity index (χ1v) is 4.98. The molecule has 1 aromatic rings. The fourth-order valence-corrected chi connectivity index (χ4v) is 1.67. The van der Waals surface area contributed by atoms with Crippen LogP contribution in [0.2, 0.25) is 0 Å². The largest absolute Gasteiger partial charge is 0.478 e. The summed E-state index contributed by atoms with van der Waals surface area (Å²) in [4.78, 5) is 10.3. The Morgan fingerprint density at radius 1 is 1.43 bits per heavy atom. The third kappa shape index (κ3) is 2.45. The molecule has 14 heavy (non-hydrogen) atoms. The molecule has 0 saturated carbocycles. The molecule has 0 amide bonds. The number of aryl methyl sites for hydroxylation is 1. The van der Waals surface area contributed by atoms with Crippen LogP contribution in [0, 0.1) is 13.8 Å². The van der Waals surface area contributed by atoms with Gasteiger partial charge in [-0.15, -0.1) is 0 Å². The van der Waals surface area contributed by atoms with Crippen molar-refractivity contribution in [1.29, 1.82) is 0 Å². The van der Waals surface area contributed by atoms with E-state index >= 15 is 0 Å². The molecule has 0 radical (unpaired) electrons. The number of carboxylic acid groups (broad SMARTS) is 1. The van der Waals surface area contributed by atoms with Gasteiger partial charge in [-0.25, -0.2) is 4.79 Å². The molecular weight excluding hydrogens is 244 g/mol. The van der Waals surface area contributed by atoms with Gasteiger partial charge in [-0.2, -0.15) is 0 Å². The molecule has 1 aromatic carbocycles. The van der Waals surface area contributed by atoms with Crippen LogP contribution in [-0.2, 0) is 4.79 Å². The van der Waals surface area contributed by atoms with Gasteiger partial charge in [-0.05, 0) is 52.5 Å². The first-order chi connectivity index (χ1) is 6.52. The van der Waals surface area contributed by atoms with E-state index in [2.05, 4.69) is 15.9 Å². The predicted molar refractivity (Wildman–Crippen MR) is 60.3 cm³/mol. The maximum Gasteiger partial charge on any atom is 0.328 e. The molecule has 0 spiro atoms. The number of halogens is 1. The molecule has 0 bridgehead atoms. The second kappa shape index (κ2) is 4.42. The van der Waals surface area contributed by atoms with Crippen molar-refractivity contribution in [1.82, 2.24) is 0 Å². The van der Waals surface area contributed by atoms with Gasteiger partial charge in [0.05, 0.1) is 0 Å². The highest BCUT2D eigenvalue weighted by Gasteiger charge is 2.02. The normalized spacial score (nSPS) is 10.8. The summed E-state index contributed by atoms with van der Waals surface area (Å²) in [6.45, 7) is 4.02. The molecule has 0 aromatic heterocycles. The number of carboxylic acids is 1. The summed E-state index contributed by atoms with van der Waals surface area (Å²) in [6, 6.07) is 3.87. The van der Waals surface area contributed by atoms with E-state index in [0.717, 1.165) is 21.7 Å². The predicted octanol–water partition coefficient (Wildman–Crippen LogP) is 3.16. The van der Waals surface area contributed by atoms with Crippen LogP contribution < -0.4 is 0 Å². The van der Waals surface area contributed by atoms with E-state index in [1.807, 2.05) is 26.0 Å². The number of hydrogen-bond acceptors (Lipinski definition) is 1. The Labute approximate surface area is 91.4 Å². The minimum absolute atomic E-state index is 0.885. The van der Waals surface area contributed by atoms with Gasteiger partial charge >= 0.3 is 5.97 Å². The Hall–Kier alpha value is -1.09. The highest BCUT2D eigenvalue weighted by atomic mass is 79.9. The van der Waals surface area contributed by atoms with Gasteiger partial charge in [0.1, 0.15) is 0 Å². The second-order valence-corrected chi connectivity index (χ2v) is 3.88. The summed E-state index contributed by atoms with van der Waals surface area (Å²) in [6.07, 6.45) is 2.72. The van der Waals surface area contributed by atoms with Crippen molar-refractivity contribution in [2.45, 2.75) is 13.8 Å². The van der Waals surface area contributed by atoms with E-state index in [9.17, 15) is 4.79 Å². The van der Waals surface area contributed by atoms with Crippen molar-refractivity contribution >= 4 is 28.0 Å². The topological polar surface area (TPSA) is 37.3 Å². The van der Waals surface area contributed by atoms with Gasteiger partial charge < -0.3 is 5.11 Å². The lowest BCUT2D eigenvalue weighted by atomic mass is 10.1. The SMILES string of the molecule is Cc1ccc(/C=C/C(=O)O)c(Br)c1C. The molecule has 74 valence electrons. The summed E-state index contributed by atoms with van der Waals surface area (Å²) in [7, 11) is 0. The highest BCUT2D eigenvalue weighted by molar-refractivity contribution is 9.10. The fraction of sp³-hybridized carbons (Fsp3) is 0.182. The van der Waals surface area contributed by atoms with Crippen molar-refractivity contribution in [3.05, 3.63) is 39.4 Å². The summed E-state index contributed by atoms with van der Waals surface area (Å²) >= 11 is 3.44. The number of carbonyl (C=O) groups is 1. The van der Waals surface area contributed by atoms with Crippen LogP contribution in [0.25, 0.3) is 6.08 Å². The Morgan fingerprint density at radius 3 is 2.64 bits per heavy atom. The molecule has 0 aliphatic carbocycles. The Bertz CT molecular complexity index is 395. The molecule has 0 fully saturated rings. The zero-order valence-electron chi connectivity index (χ0n) is 8.04. The van der Waals surface area contributed by atoms with Crippen molar-refractivity contribution < 1.29 is 9.90 Å². The average Bonchev–Trinajstić information content (AvgIpc) is 2.13. The summed E-state index contributed by atoms with van der Waals surface area (Å²) in [5.74, 6) is -0.935. The van der Waals surface area contributed by atoms with Crippen molar-refractivity contribution in [2.24, 2.45) is 0 Å². The molecular formula is C11H11BrO2. The summed E-state index contributed by atoms with van der Waals surface area (Å²) in [5.41, 5.74) is 3.21. The molecule has 2 nitrogen and oxygen atoms in total. The molecule has 0 unspecified atom stereocenters. The van der Waals surface area contributed by atoms with E-state index < -0.39 is 5.97 Å². The Morgan fingerprint density at radius 2 is 2.07 bits per heavy atom. The lowest BCUT2D eigenvalue weighted by Crippen LogP contribution is -1.89. The molecule has 1 rings (SSSR count). The number of hydrogen-bond donors (Lipinski definition) is 1. The molecule has 3 heteroatoms. The minimum atomic E-state index is -0.935. The zero-order valence-corrected chi connectivity index (χ0v) is 9.63. The summed E-state index contributed by atoms with van der Waals surface area (Å²) < 4.78 is 0.954. The van der Waals surface area contributed by atoms with Crippen LogP contribution in [0.5, 0.6) is 0 Å². The van der Waals surface area contributed by atoms with Gasteiger partial charge in [0.15, 0.2) is 0 Å². The van der Waals surface area contributed by atoms with Gasteiger partial charge in [-0.3, -0.25) is 0 Å². The number of aliphatic carboxylic acids is 1.